The second-order valence-corrected chi connectivity index (χ2v) is 5.75. The molecule has 0 spiro atoms. The van der Waals surface area contributed by atoms with Gasteiger partial charge in [-0.15, -0.1) is 0 Å². The number of halogens is 4. The van der Waals surface area contributed by atoms with E-state index >= 15 is 0 Å². The Hall–Kier alpha value is -2.47. The van der Waals surface area contributed by atoms with E-state index in [0.29, 0.717) is 32.7 Å². The van der Waals surface area contributed by atoms with Crippen molar-refractivity contribution >= 4 is 28.5 Å². The van der Waals surface area contributed by atoms with Crippen molar-refractivity contribution in [2.75, 3.05) is 0 Å². The summed E-state index contributed by atoms with van der Waals surface area (Å²) in [5.41, 5.74) is 1.35. The highest BCUT2D eigenvalue weighted by atomic mass is 35.5. The summed E-state index contributed by atoms with van der Waals surface area (Å²) in [6.07, 6.45) is -4.69. The van der Waals surface area contributed by atoms with Crippen LogP contribution in [0, 0.1) is 0 Å². The summed E-state index contributed by atoms with van der Waals surface area (Å²) >= 11 is 5.97. The SMILES string of the molecule is O=C(O)Cc1c(-c2ccc(C(F)(F)F)cc2)[nH]c2ccc(Cl)cc12. The zero-order chi connectivity index (χ0) is 17.5. The van der Waals surface area contributed by atoms with E-state index in [2.05, 4.69) is 4.98 Å². The summed E-state index contributed by atoms with van der Waals surface area (Å²) in [6.45, 7) is 0. The number of carbonyl (C=O) groups is 1. The number of fused-ring (bicyclic) bond motifs is 1. The summed E-state index contributed by atoms with van der Waals surface area (Å²) in [5.74, 6) is -1.04. The number of hydrogen-bond donors (Lipinski definition) is 2. The van der Waals surface area contributed by atoms with E-state index in [1.54, 1.807) is 18.2 Å². The van der Waals surface area contributed by atoms with E-state index in [0.717, 1.165) is 12.1 Å². The van der Waals surface area contributed by atoms with Crippen molar-refractivity contribution in [3.05, 3.63) is 58.6 Å². The molecule has 0 bridgehead atoms. The lowest BCUT2D eigenvalue weighted by molar-refractivity contribution is -0.138. The van der Waals surface area contributed by atoms with Crippen LogP contribution in [0.1, 0.15) is 11.1 Å². The second kappa shape index (κ2) is 5.87. The highest BCUT2D eigenvalue weighted by Crippen LogP contribution is 2.35. The Morgan fingerprint density at radius 2 is 1.79 bits per heavy atom. The Morgan fingerprint density at radius 1 is 1.12 bits per heavy atom. The number of aliphatic carboxylic acids is 1. The van der Waals surface area contributed by atoms with Crippen LogP contribution in [0.2, 0.25) is 5.02 Å². The molecule has 0 radical (unpaired) electrons. The highest BCUT2D eigenvalue weighted by molar-refractivity contribution is 6.31. The number of H-pyrrole nitrogens is 1. The first-order chi connectivity index (χ1) is 11.3. The van der Waals surface area contributed by atoms with Crippen molar-refractivity contribution < 1.29 is 23.1 Å². The monoisotopic (exact) mass is 353 g/mol. The molecule has 0 saturated carbocycles. The summed E-state index contributed by atoms with van der Waals surface area (Å²) in [7, 11) is 0. The third-order valence-corrected chi connectivity index (χ3v) is 3.93. The van der Waals surface area contributed by atoms with Gasteiger partial charge in [0, 0.05) is 15.9 Å². The van der Waals surface area contributed by atoms with Crippen LogP contribution in [-0.2, 0) is 17.4 Å². The molecule has 0 amide bonds. The summed E-state index contributed by atoms with van der Waals surface area (Å²) in [6, 6.07) is 9.58. The Balaban J connectivity index is 2.16. The average molecular weight is 354 g/mol. The maximum Gasteiger partial charge on any atom is 0.416 e. The Morgan fingerprint density at radius 3 is 2.38 bits per heavy atom. The minimum absolute atomic E-state index is 0.267. The van der Waals surface area contributed by atoms with Crippen molar-refractivity contribution in [1.29, 1.82) is 0 Å². The maximum absolute atomic E-state index is 12.7. The lowest BCUT2D eigenvalue weighted by atomic mass is 10.0. The second-order valence-electron chi connectivity index (χ2n) is 5.31. The Bertz CT molecular complexity index is 914. The topological polar surface area (TPSA) is 53.1 Å². The predicted octanol–water partition coefficient (Wildman–Crippen LogP) is 5.13. The zero-order valence-electron chi connectivity index (χ0n) is 12.1. The van der Waals surface area contributed by atoms with Crippen molar-refractivity contribution in [3.63, 3.8) is 0 Å². The van der Waals surface area contributed by atoms with Gasteiger partial charge in [0.05, 0.1) is 17.7 Å². The molecule has 0 aliphatic rings. The molecule has 3 nitrogen and oxygen atoms in total. The number of alkyl halides is 3. The van der Waals surface area contributed by atoms with Gasteiger partial charge in [-0.2, -0.15) is 13.2 Å². The molecule has 0 aliphatic carbocycles. The normalized spacial score (nSPS) is 11.8. The van der Waals surface area contributed by atoms with E-state index < -0.39 is 17.7 Å². The molecule has 0 fully saturated rings. The van der Waals surface area contributed by atoms with Gasteiger partial charge in [0.2, 0.25) is 0 Å². The number of benzene rings is 2. The molecule has 0 atom stereocenters. The molecule has 124 valence electrons. The summed E-state index contributed by atoms with van der Waals surface area (Å²) in [5, 5.41) is 10.2. The van der Waals surface area contributed by atoms with Crippen LogP contribution >= 0.6 is 11.6 Å². The number of hydrogen-bond acceptors (Lipinski definition) is 1. The molecular formula is C17H11ClF3NO2. The minimum atomic E-state index is -4.42. The molecule has 7 heteroatoms. The van der Waals surface area contributed by atoms with E-state index in [-0.39, 0.29) is 6.42 Å². The lowest BCUT2D eigenvalue weighted by Crippen LogP contribution is -2.04. The van der Waals surface area contributed by atoms with Gasteiger partial charge in [-0.05, 0) is 41.5 Å². The number of aromatic nitrogens is 1. The smallest absolute Gasteiger partial charge is 0.416 e. The molecule has 1 aromatic heterocycles. The number of aromatic amines is 1. The first-order valence-corrected chi connectivity index (χ1v) is 7.33. The highest BCUT2D eigenvalue weighted by Gasteiger charge is 2.30. The summed E-state index contributed by atoms with van der Waals surface area (Å²) < 4.78 is 38.1. The van der Waals surface area contributed by atoms with Crippen molar-refractivity contribution in [2.45, 2.75) is 12.6 Å². The third kappa shape index (κ3) is 3.10. The first kappa shape index (κ1) is 16.4. The zero-order valence-corrected chi connectivity index (χ0v) is 12.9. The molecule has 2 aromatic carbocycles. The Kier molecular flexibility index (Phi) is 4.01. The van der Waals surface area contributed by atoms with Crippen molar-refractivity contribution in [3.8, 4) is 11.3 Å². The average Bonchev–Trinajstić information content (AvgIpc) is 2.84. The first-order valence-electron chi connectivity index (χ1n) is 6.95. The summed E-state index contributed by atoms with van der Waals surface area (Å²) in [4.78, 5) is 14.2. The van der Waals surface area contributed by atoms with Gasteiger partial charge in [0.25, 0.3) is 0 Å². The largest absolute Gasteiger partial charge is 0.481 e. The van der Waals surface area contributed by atoms with Gasteiger partial charge in [0.1, 0.15) is 0 Å². The van der Waals surface area contributed by atoms with Crippen molar-refractivity contribution in [2.24, 2.45) is 0 Å². The molecule has 2 N–H and O–H groups in total. The van der Waals surface area contributed by atoms with Gasteiger partial charge in [-0.1, -0.05) is 23.7 Å². The van der Waals surface area contributed by atoms with Crippen LogP contribution in [0.25, 0.3) is 22.2 Å². The third-order valence-electron chi connectivity index (χ3n) is 3.70. The van der Waals surface area contributed by atoms with E-state index in [1.807, 2.05) is 0 Å². The minimum Gasteiger partial charge on any atom is -0.481 e. The lowest BCUT2D eigenvalue weighted by Gasteiger charge is -2.08. The molecule has 3 rings (SSSR count). The van der Waals surface area contributed by atoms with E-state index in [9.17, 15) is 18.0 Å². The quantitative estimate of drug-likeness (QED) is 0.685. The molecule has 0 unspecified atom stereocenters. The fourth-order valence-corrected chi connectivity index (χ4v) is 2.80. The molecule has 3 aromatic rings. The predicted molar refractivity (Wildman–Crippen MR) is 85.1 cm³/mol. The van der Waals surface area contributed by atoms with Crippen LogP contribution in [0.15, 0.2) is 42.5 Å². The fraction of sp³-hybridized carbons (Fsp3) is 0.118. The van der Waals surface area contributed by atoms with Crippen LogP contribution in [-0.4, -0.2) is 16.1 Å². The fourth-order valence-electron chi connectivity index (χ4n) is 2.63. The van der Waals surface area contributed by atoms with Crippen molar-refractivity contribution in [1.82, 2.24) is 4.98 Å². The van der Waals surface area contributed by atoms with Gasteiger partial charge < -0.3 is 10.1 Å². The maximum atomic E-state index is 12.7. The molecule has 24 heavy (non-hydrogen) atoms. The van der Waals surface area contributed by atoms with Gasteiger partial charge >= 0.3 is 12.1 Å². The van der Waals surface area contributed by atoms with Gasteiger partial charge in [-0.25, -0.2) is 0 Å². The van der Waals surface area contributed by atoms with Crippen LogP contribution < -0.4 is 0 Å². The van der Waals surface area contributed by atoms with E-state index in [4.69, 9.17) is 16.7 Å². The van der Waals surface area contributed by atoms with Crippen LogP contribution in [0.4, 0.5) is 13.2 Å². The van der Waals surface area contributed by atoms with Crippen LogP contribution in [0.3, 0.4) is 0 Å². The number of nitrogens with one attached hydrogen (secondary N) is 1. The number of carboxylic acids is 1. The molecule has 0 aliphatic heterocycles. The number of carboxylic acid groups (broad SMARTS) is 1. The molecule has 0 saturated heterocycles. The van der Waals surface area contributed by atoms with E-state index in [1.165, 1.54) is 12.1 Å². The standard InChI is InChI=1S/C17H11ClF3NO2/c18-11-5-6-14-12(7-11)13(8-15(23)24)16(22-14)9-1-3-10(4-2-9)17(19,20)21/h1-7,22H,8H2,(H,23,24). The molecule has 1 heterocycles. The Labute approximate surface area is 139 Å². The van der Waals surface area contributed by atoms with Gasteiger partial charge in [0.15, 0.2) is 0 Å². The number of rotatable bonds is 3. The van der Waals surface area contributed by atoms with Gasteiger partial charge in [-0.3, -0.25) is 4.79 Å². The van der Waals surface area contributed by atoms with Crippen LogP contribution in [0.5, 0.6) is 0 Å². The molecular weight excluding hydrogens is 343 g/mol.